The minimum Gasteiger partial charge on any atom is -0.351 e. The van der Waals surface area contributed by atoms with E-state index < -0.39 is 29.6 Å². The number of halogens is 4. The average molecular weight is 601 g/mol. The Morgan fingerprint density at radius 3 is 2.36 bits per heavy atom. The second-order valence-corrected chi connectivity index (χ2v) is 10.7. The maximum absolute atomic E-state index is 13.9. The molecule has 1 atom stereocenters. The molecule has 42 heavy (non-hydrogen) atoms. The van der Waals surface area contributed by atoms with E-state index in [2.05, 4.69) is 15.6 Å². The molecule has 2 aromatic carbocycles. The number of nitrogens with zero attached hydrogens (tertiary/aromatic N) is 2. The summed E-state index contributed by atoms with van der Waals surface area (Å²) in [5, 5.41) is 6.07. The van der Waals surface area contributed by atoms with Crippen LogP contribution in [-0.4, -0.2) is 28.7 Å². The molecule has 11 heteroatoms. The van der Waals surface area contributed by atoms with E-state index in [0.717, 1.165) is 49.1 Å². The number of alkyl halides is 3. The fraction of sp³-hybridized carbons (Fsp3) is 0.355. The number of hydrogen-bond donors (Lipinski definition) is 2. The van der Waals surface area contributed by atoms with Crippen molar-refractivity contribution < 1.29 is 27.6 Å². The van der Waals surface area contributed by atoms with Crippen LogP contribution in [0.25, 0.3) is 0 Å². The second-order valence-electron chi connectivity index (χ2n) is 10.2. The number of hydrogen-bond acceptors (Lipinski definition) is 4. The highest BCUT2D eigenvalue weighted by atomic mass is 35.5. The van der Waals surface area contributed by atoms with Crippen molar-refractivity contribution in [3.63, 3.8) is 0 Å². The fourth-order valence-electron chi connectivity index (χ4n) is 5.02. The zero-order chi connectivity index (χ0) is 30.1. The zero-order valence-corrected chi connectivity index (χ0v) is 23.6. The van der Waals surface area contributed by atoms with Gasteiger partial charge in [0.1, 0.15) is 11.9 Å². The quantitative estimate of drug-likeness (QED) is 0.260. The van der Waals surface area contributed by atoms with Crippen LogP contribution in [0.1, 0.15) is 68.5 Å². The lowest BCUT2D eigenvalue weighted by Gasteiger charge is -2.34. The lowest BCUT2D eigenvalue weighted by molar-refractivity contribution is -0.137. The number of pyridine rings is 1. The lowest BCUT2D eigenvalue weighted by Crippen LogP contribution is -2.47. The first kappa shape index (κ1) is 31.0. The van der Waals surface area contributed by atoms with Crippen LogP contribution in [0.5, 0.6) is 0 Å². The van der Waals surface area contributed by atoms with E-state index in [4.69, 9.17) is 11.6 Å². The van der Waals surface area contributed by atoms with Crippen LogP contribution in [0.15, 0.2) is 72.9 Å². The predicted molar refractivity (Wildman–Crippen MR) is 155 cm³/mol. The van der Waals surface area contributed by atoms with Crippen molar-refractivity contribution in [2.75, 3.05) is 10.2 Å². The summed E-state index contributed by atoms with van der Waals surface area (Å²) in [5.41, 5.74) is -0.632. The Bertz CT molecular complexity index is 1360. The molecule has 1 saturated carbocycles. The third-order valence-corrected chi connectivity index (χ3v) is 7.34. The number of amides is 3. The Kier molecular flexibility index (Phi) is 10.6. The smallest absolute Gasteiger partial charge is 0.351 e. The Morgan fingerprint density at radius 2 is 1.69 bits per heavy atom. The molecule has 1 aromatic heterocycles. The third kappa shape index (κ3) is 8.55. The monoisotopic (exact) mass is 600 g/mol. The maximum atomic E-state index is 13.9. The van der Waals surface area contributed by atoms with Gasteiger partial charge in [0, 0.05) is 35.8 Å². The van der Waals surface area contributed by atoms with E-state index in [1.54, 1.807) is 42.5 Å². The molecule has 0 bridgehead atoms. The SMILES string of the molecule is O=C(CCCC(=O)N(c1cccc(C(F)(F)F)c1)[C@@H](C(=O)NC1CCCCC1)c1ccc(Cl)cc1)Nc1ccccn1. The number of carbonyl (C=O) groups is 3. The van der Waals surface area contributed by atoms with E-state index >= 15 is 0 Å². The molecule has 0 radical (unpaired) electrons. The van der Waals surface area contributed by atoms with E-state index in [0.29, 0.717) is 16.4 Å². The van der Waals surface area contributed by atoms with Crippen LogP contribution in [0.2, 0.25) is 5.02 Å². The van der Waals surface area contributed by atoms with Crippen molar-refractivity contribution in [3.05, 3.63) is 89.1 Å². The van der Waals surface area contributed by atoms with Gasteiger partial charge in [-0.05, 0) is 67.3 Å². The topological polar surface area (TPSA) is 91.4 Å². The summed E-state index contributed by atoms with van der Waals surface area (Å²) >= 11 is 6.09. The summed E-state index contributed by atoms with van der Waals surface area (Å²) in [7, 11) is 0. The van der Waals surface area contributed by atoms with Gasteiger partial charge < -0.3 is 10.6 Å². The molecule has 0 saturated heterocycles. The minimum atomic E-state index is -4.66. The van der Waals surface area contributed by atoms with Crippen molar-refractivity contribution >= 4 is 40.8 Å². The minimum absolute atomic E-state index is 0.0291. The number of anilines is 2. The van der Waals surface area contributed by atoms with Gasteiger partial charge in [-0.2, -0.15) is 13.2 Å². The molecule has 1 aliphatic rings. The lowest BCUT2D eigenvalue weighted by atomic mass is 9.94. The van der Waals surface area contributed by atoms with Gasteiger partial charge in [0.05, 0.1) is 5.56 Å². The summed E-state index contributed by atoms with van der Waals surface area (Å²) in [6.07, 6.45) is 1.28. The molecular formula is C31H32ClF3N4O3. The van der Waals surface area contributed by atoms with Gasteiger partial charge in [0.25, 0.3) is 0 Å². The van der Waals surface area contributed by atoms with E-state index in [9.17, 15) is 27.6 Å². The third-order valence-electron chi connectivity index (χ3n) is 7.09. The molecule has 2 N–H and O–H groups in total. The number of nitrogens with one attached hydrogen (secondary N) is 2. The van der Waals surface area contributed by atoms with Crippen LogP contribution in [0.4, 0.5) is 24.7 Å². The number of carbonyl (C=O) groups excluding carboxylic acids is 3. The van der Waals surface area contributed by atoms with E-state index in [1.807, 2.05) is 0 Å². The van der Waals surface area contributed by atoms with Gasteiger partial charge in [-0.3, -0.25) is 19.3 Å². The number of rotatable bonds is 10. The molecule has 0 spiro atoms. The molecule has 0 aliphatic heterocycles. The first-order valence-corrected chi connectivity index (χ1v) is 14.3. The highest BCUT2D eigenvalue weighted by Gasteiger charge is 2.36. The van der Waals surface area contributed by atoms with E-state index in [1.165, 1.54) is 18.3 Å². The summed E-state index contributed by atoms with van der Waals surface area (Å²) < 4.78 is 41.1. The Hall–Kier alpha value is -3.92. The fourth-order valence-corrected chi connectivity index (χ4v) is 5.15. The molecule has 222 valence electrons. The van der Waals surface area contributed by atoms with Crippen molar-refractivity contribution in [2.24, 2.45) is 0 Å². The second kappa shape index (κ2) is 14.3. The number of benzene rings is 2. The predicted octanol–water partition coefficient (Wildman–Crippen LogP) is 7.09. The highest BCUT2D eigenvalue weighted by molar-refractivity contribution is 6.30. The van der Waals surface area contributed by atoms with Gasteiger partial charge in [0.15, 0.2) is 0 Å². The Balaban J connectivity index is 1.64. The summed E-state index contributed by atoms with van der Waals surface area (Å²) in [4.78, 5) is 45.2. The molecule has 4 rings (SSSR count). The van der Waals surface area contributed by atoms with Gasteiger partial charge in [-0.1, -0.05) is 55.1 Å². The molecular weight excluding hydrogens is 569 g/mol. The molecule has 3 aromatic rings. The van der Waals surface area contributed by atoms with Crippen molar-refractivity contribution in [1.29, 1.82) is 0 Å². The van der Waals surface area contributed by atoms with Gasteiger partial charge in [-0.15, -0.1) is 0 Å². The molecule has 7 nitrogen and oxygen atoms in total. The van der Waals surface area contributed by atoms with Crippen molar-refractivity contribution in [3.8, 4) is 0 Å². The first-order chi connectivity index (χ1) is 20.1. The normalized spacial score (nSPS) is 14.6. The molecule has 1 fully saturated rings. The molecule has 3 amide bonds. The maximum Gasteiger partial charge on any atom is 0.416 e. The van der Waals surface area contributed by atoms with Crippen LogP contribution in [0.3, 0.4) is 0 Å². The van der Waals surface area contributed by atoms with Crippen molar-refractivity contribution in [1.82, 2.24) is 10.3 Å². The van der Waals surface area contributed by atoms with Crippen LogP contribution < -0.4 is 15.5 Å². The summed E-state index contributed by atoms with van der Waals surface area (Å²) in [5.74, 6) is -1.10. The van der Waals surface area contributed by atoms with Crippen LogP contribution >= 0.6 is 11.6 Å². The number of aromatic nitrogens is 1. The van der Waals surface area contributed by atoms with Crippen LogP contribution in [0, 0.1) is 0 Å². The first-order valence-electron chi connectivity index (χ1n) is 13.9. The van der Waals surface area contributed by atoms with Gasteiger partial charge in [0.2, 0.25) is 17.7 Å². The highest BCUT2D eigenvalue weighted by Crippen LogP contribution is 2.35. The summed E-state index contributed by atoms with van der Waals surface area (Å²) in [6, 6.07) is 14.3. The zero-order valence-electron chi connectivity index (χ0n) is 22.9. The Labute approximate surface area is 247 Å². The Morgan fingerprint density at radius 1 is 0.952 bits per heavy atom. The molecule has 1 aliphatic carbocycles. The largest absolute Gasteiger partial charge is 0.416 e. The summed E-state index contributed by atoms with van der Waals surface area (Å²) in [6.45, 7) is 0. The van der Waals surface area contributed by atoms with Crippen molar-refractivity contribution in [2.45, 2.75) is 69.6 Å². The average Bonchev–Trinajstić information content (AvgIpc) is 2.97. The molecule has 0 unspecified atom stereocenters. The van der Waals surface area contributed by atoms with Gasteiger partial charge >= 0.3 is 6.18 Å². The van der Waals surface area contributed by atoms with E-state index in [-0.39, 0.29) is 36.9 Å². The van der Waals surface area contributed by atoms with Crippen LogP contribution in [-0.2, 0) is 20.6 Å². The standard InChI is InChI=1S/C31H32ClF3N4O3/c32-23-17-15-21(16-18-23)29(30(42)37-24-9-2-1-3-10-24)39(25-11-6-8-22(20-25)31(33,34)35)28(41)14-7-13-27(40)38-26-12-4-5-19-36-26/h4-6,8,11-12,15-20,24,29H,1-3,7,9-10,13-14H2,(H,37,42)(H,36,38,40)/t29-/m1/s1. The van der Waals surface area contributed by atoms with Gasteiger partial charge in [-0.25, -0.2) is 4.98 Å². The molecule has 1 heterocycles.